The van der Waals surface area contributed by atoms with Crippen molar-refractivity contribution >= 4 is 5.95 Å². The van der Waals surface area contributed by atoms with Crippen molar-refractivity contribution in [3.63, 3.8) is 0 Å². The van der Waals surface area contributed by atoms with Gasteiger partial charge in [0.1, 0.15) is 0 Å². The molecule has 1 aromatic rings. The molecule has 104 valence electrons. The van der Waals surface area contributed by atoms with Crippen molar-refractivity contribution in [1.29, 1.82) is 0 Å². The summed E-state index contributed by atoms with van der Waals surface area (Å²) < 4.78 is 7.42. The SMILES string of the molecule is CNCCCN(C)c1nc(C)cn1C(C)COC. The largest absolute Gasteiger partial charge is 0.383 e. The molecule has 0 aliphatic heterocycles. The fourth-order valence-electron chi connectivity index (χ4n) is 2.02. The molecule has 0 spiro atoms. The number of ether oxygens (including phenoxy) is 1. The van der Waals surface area contributed by atoms with Crippen molar-refractivity contribution in [3.8, 4) is 0 Å². The molecule has 0 aliphatic carbocycles. The van der Waals surface area contributed by atoms with Gasteiger partial charge in [-0.3, -0.25) is 0 Å². The van der Waals surface area contributed by atoms with Gasteiger partial charge in [0, 0.05) is 26.9 Å². The van der Waals surface area contributed by atoms with Crippen LogP contribution in [0.3, 0.4) is 0 Å². The molecule has 0 saturated heterocycles. The number of hydrogen-bond donors (Lipinski definition) is 1. The Kier molecular flexibility index (Phi) is 6.15. The molecule has 5 nitrogen and oxygen atoms in total. The highest BCUT2D eigenvalue weighted by atomic mass is 16.5. The highest BCUT2D eigenvalue weighted by molar-refractivity contribution is 5.32. The predicted octanol–water partition coefficient (Wildman–Crippen LogP) is 1.44. The molecular formula is C13H26N4O. The fourth-order valence-corrected chi connectivity index (χ4v) is 2.02. The third kappa shape index (κ3) is 3.99. The minimum atomic E-state index is 0.304. The lowest BCUT2D eigenvalue weighted by atomic mass is 10.3. The monoisotopic (exact) mass is 254 g/mol. The summed E-state index contributed by atoms with van der Waals surface area (Å²) in [6.45, 7) is 6.90. The van der Waals surface area contributed by atoms with Crippen LogP contribution in [0.1, 0.15) is 25.1 Å². The number of rotatable bonds is 8. The third-order valence-corrected chi connectivity index (χ3v) is 2.98. The average Bonchev–Trinajstić information content (AvgIpc) is 2.72. The Labute approximate surface area is 110 Å². The summed E-state index contributed by atoms with van der Waals surface area (Å²) in [6.07, 6.45) is 3.20. The third-order valence-electron chi connectivity index (χ3n) is 2.98. The fraction of sp³-hybridized carbons (Fsp3) is 0.769. The zero-order valence-electron chi connectivity index (χ0n) is 12.2. The lowest BCUT2D eigenvalue weighted by Crippen LogP contribution is -2.26. The molecule has 1 aromatic heterocycles. The van der Waals surface area contributed by atoms with E-state index in [0.717, 1.165) is 31.2 Å². The van der Waals surface area contributed by atoms with Gasteiger partial charge in [-0.2, -0.15) is 0 Å². The standard InChI is InChI=1S/C13H26N4O/c1-11-9-17(12(2)10-18-5)13(15-11)16(4)8-6-7-14-3/h9,12,14H,6-8,10H2,1-5H3. The van der Waals surface area contributed by atoms with Gasteiger partial charge in [-0.25, -0.2) is 4.98 Å². The van der Waals surface area contributed by atoms with Gasteiger partial charge >= 0.3 is 0 Å². The second-order valence-corrected chi connectivity index (χ2v) is 4.77. The molecule has 0 aromatic carbocycles. The van der Waals surface area contributed by atoms with Crippen molar-refractivity contribution in [3.05, 3.63) is 11.9 Å². The topological polar surface area (TPSA) is 42.3 Å². The molecule has 1 rings (SSSR count). The van der Waals surface area contributed by atoms with Crippen LogP contribution in [0.5, 0.6) is 0 Å². The van der Waals surface area contributed by atoms with Gasteiger partial charge in [0.15, 0.2) is 0 Å². The molecule has 1 atom stereocenters. The van der Waals surface area contributed by atoms with E-state index in [2.05, 4.69) is 39.9 Å². The quantitative estimate of drug-likeness (QED) is 0.713. The molecule has 0 aliphatic rings. The van der Waals surface area contributed by atoms with Crippen LogP contribution < -0.4 is 10.2 Å². The lowest BCUT2D eigenvalue weighted by molar-refractivity contribution is 0.162. The first-order chi connectivity index (χ1) is 8.60. The second-order valence-electron chi connectivity index (χ2n) is 4.77. The van der Waals surface area contributed by atoms with E-state index in [-0.39, 0.29) is 0 Å². The van der Waals surface area contributed by atoms with Gasteiger partial charge in [-0.15, -0.1) is 0 Å². The van der Waals surface area contributed by atoms with E-state index < -0.39 is 0 Å². The summed E-state index contributed by atoms with van der Waals surface area (Å²) in [4.78, 5) is 6.81. The molecular weight excluding hydrogens is 228 g/mol. The average molecular weight is 254 g/mol. The van der Waals surface area contributed by atoms with E-state index in [0.29, 0.717) is 12.6 Å². The van der Waals surface area contributed by atoms with Crippen LogP contribution in [0.15, 0.2) is 6.20 Å². The Balaban J connectivity index is 2.74. The molecule has 1 unspecified atom stereocenters. The first kappa shape index (κ1) is 15.0. The van der Waals surface area contributed by atoms with E-state index >= 15 is 0 Å². The maximum atomic E-state index is 5.22. The first-order valence-electron chi connectivity index (χ1n) is 6.50. The van der Waals surface area contributed by atoms with Crippen LogP contribution in [0.4, 0.5) is 5.95 Å². The summed E-state index contributed by atoms with van der Waals surface area (Å²) in [5.41, 5.74) is 1.05. The zero-order valence-corrected chi connectivity index (χ0v) is 12.2. The Morgan fingerprint density at radius 2 is 2.28 bits per heavy atom. The van der Waals surface area contributed by atoms with E-state index in [1.807, 2.05) is 14.0 Å². The van der Waals surface area contributed by atoms with Gasteiger partial charge in [0.2, 0.25) is 5.95 Å². The van der Waals surface area contributed by atoms with Crippen LogP contribution in [0, 0.1) is 6.92 Å². The number of aryl methyl sites for hydroxylation is 1. The molecule has 5 heteroatoms. The summed E-state index contributed by atoms with van der Waals surface area (Å²) in [5, 5.41) is 3.16. The number of imidazole rings is 1. The van der Waals surface area contributed by atoms with Gasteiger partial charge in [-0.1, -0.05) is 0 Å². The zero-order chi connectivity index (χ0) is 13.5. The van der Waals surface area contributed by atoms with Crippen molar-refractivity contribution in [1.82, 2.24) is 14.9 Å². The Hall–Kier alpha value is -1.07. The molecule has 0 amide bonds. The van der Waals surface area contributed by atoms with Crippen LogP contribution in [0.2, 0.25) is 0 Å². The molecule has 1 heterocycles. The van der Waals surface area contributed by atoms with E-state index in [9.17, 15) is 0 Å². The summed E-state index contributed by atoms with van der Waals surface area (Å²) in [5.74, 6) is 1.02. The van der Waals surface area contributed by atoms with Crippen LogP contribution in [-0.4, -0.2) is 50.5 Å². The van der Waals surface area contributed by atoms with E-state index in [1.165, 1.54) is 0 Å². The van der Waals surface area contributed by atoms with Crippen molar-refractivity contribution in [2.45, 2.75) is 26.3 Å². The van der Waals surface area contributed by atoms with Gasteiger partial charge in [0.25, 0.3) is 0 Å². The van der Waals surface area contributed by atoms with Crippen LogP contribution in [0.25, 0.3) is 0 Å². The smallest absolute Gasteiger partial charge is 0.205 e. The molecule has 1 N–H and O–H groups in total. The lowest BCUT2D eigenvalue weighted by Gasteiger charge is -2.22. The van der Waals surface area contributed by atoms with Crippen LogP contribution in [-0.2, 0) is 4.74 Å². The number of aromatic nitrogens is 2. The summed E-state index contributed by atoms with van der Waals surface area (Å²) >= 11 is 0. The molecule has 0 fully saturated rings. The summed E-state index contributed by atoms with van der Waals surface area (Å²) in [7, 11) is 5.80. The molecule has 18 heavy (non-hydrogen) atoms. The predicted molar refractivity (Wildman–Crippen MR) is 75.4 cm³/mol. The molecule has 0 radical (unpaired) electrons. The Morgan fingerprint density at radius 1 is 1.56 bits per heavy atom. The summed E-state index contributed by atoms with van der Waals surface area (Å²) in [6, 6.07) is 0.304. The minimum Gasteiger partial charge on any atom is -0.383 e. The number of methoxy groups -OCH3 is 1. The van der Waals surface area contributed by atoms with Crippen molar-refractivity contribution in [2.24, 2.45) is 0 Å². The second kappa shape index (κ2) is 7.38. The number of anilines is 1. The first-order valence-corrected chi connectivity index (χ1v) is 6.50. The van der Waals surface area contributed by atoms with Crippen molar-refractivity contribution in [2.75, 3.05) is 45.8 Å². The van der Waals surface area contributed by atoms with E-state index in [1.54, 1.807) is 7.11 Å². The van der Waals surface area contributed by atoms with Crippen LogP contribution >= 0.6 is 0 Å². The highest BCUT2D eigenvalue weighted by Crippen LogP contribution is 2.19. The van der Waals surface area contributed by atoms with Gasteiger partial charge in [-0.05, 0) is 33.9 Å². The number of nitrogens with zero attached hydrogens (tertiary/aromatic N) is 3. The maximum absolute atomic E-state index is 5.22. The van der Waals surface area contributed by atoms with Crippen molar-refractivity contribution < 1.29 is 4.74 Å². The van der Waals surface area contributed by atoms with Gasteiger partial charge in [0.05, 0.1) is 18.3 Å². The molecule has 0 saturated carbocycles. The Bertz CT molecular complexity index is 351. The van der Waals surface area contributed by atoms with E-state index in [4.69, 9.17) is 4.74 Å². The number of nitrogens with one attached hydrogen (secondary N) is 1. The Morgan fingerprint density at radius 3 is 2.89 bits per heavy atom. The normalized spacial score (nSPS) is 12.7. The highest BCUT2D eigenvalue weighted by Gasteiger charge is 2.14. The maximum Gasteiger partial charge on any atom is 0.205 e. The van der Waals surface area contributed by atoms with Gasteiger partial charge < -0.3 is 19.5 Å². The molecule has 0 bridgehead atoms. The number of hydrogen-bond acceptors (Lipinski definition) is 4. The minimum absolute atomic E-state index is 0.304.